The zero-order chi connectivity index (χ0) is 28.5. The molecule has 9 heteroatoms. The fourth-order valence-corrected chi connectivity index (χ4v) is 6.17. The summed E-state index contributed by atoms with van der Waals surface area (Å²) >= 11 is 0. The van der Waals surface area contributed by atoms with Crippen LogP contribution in [-0.2, 0) is 15.7 Å². The second-order valence-electron chi connectivity index (χ2n) is 12.3. The molecule has 0 bridgehead atoms. The summed E-state index contributed by atoms with van der Waals surface area (Å²) in [7, 11) is 0. The van der Waals surface area contributed by atoms with Crippen LogP contribution >= 0.6 is 0 Å². The molecule has 1 amide bonds. The van der Waals surface area contributed by atoms with Gasteiger partial charge in [-0.25, -0.2) is 4.79 Å². The normalized spacial score (nSPS) is 25.5. The topological polar surface area (TPSA) is 62.8 Å². The van der Waals surface area contributed by atoms with Crippen molar-refractivity contribution in [2.24, 2.45) is 11.8 Å². The van der Waals surface area contributed by atoms with Gasteiger partial charge in [-0.2, -0.15) is 13.2 Å². The molecule has 5 rings (SSSR count). The fraction of sp³-hybridized carbons (Fsp3) is 0.581. The highest BCUT2D eigenvalue weighted by atomic mass is 19.4. The van der Waals surface area contributed by atoms with Crippen LogP contribution in [-0.4, -0.2) is 48.9 Å². The van der Waals surface area contributed by atoms with Crippen LogP contribution in [0.15, 0.2) is 48.5 Å². The molecule has 0 aromatic heterocycles. The van der Waals surface area contributed by atoms with Gasteiger partial charge in [0, 0.05) is 36.8 Å². The molecule has 2 aromatic rings. The van der Waals surface area contributed by atoms with E-state index in [2.05, 4.69) is 22.8 Å². The SMILES string of the molecule is CC(C)(C)OC(=O)N1CCC(CNC[C@H]2CC[C@@H]3[C@H](O2)c2cc(C(F)(F)F)ccc2N[C@H]3c2ccccc2)CC1. The van der Waals surface area contributed by atoms with Crippen molar-refractivity contribution in [3.05, 3.63) is 65.2 Å². The maximum Gasteiger partial charge on any atom is 0.416 e. The second kappa shape index (κ2) is 11.6. The molecule has 2 N–H and O–H groups in total. The largest absolute Gasteiger partial charge is 0.444 e. The first-order chi connectivity index (χ1) is 19.0. The number of alkyl halides is 3. The van der Waals surface area contributed by atoms with Gasteiger partial charge in [-0.15, -0.1) is 0 Å². The van der Waals surface area contributed by atoms with Gasteiger partial charge >= 0.3 is 12.3 Å². The minimum Gasteiger partial charge on any atom is -0.444 e. The predicted octanol–water partition coefficient (Wildman–Crippen LogP) is 6.95. The van der Waals surface area contributed by atoms with Crippen molar-refractivity contribution in [1.29, 1.82) is 0 Å². The molecule has 2 saturated heterocycles. The smallest absolute Gasteiger partial charge is 0.416 e. The van der Waals surface area contributed by atoms with Gasteiger partial charge in [-0.05, 0) is 82.7 Å². The Kier molecular flexibility index (Phi) is 8.34. The van der Waals surface area contributed by atoms with Crippen molar-refractivity contribution >= 4 is 11.8 Å². The molecular weight excluding hydrogens is 519 g/mol. The van der Waals surface area contributed by atoms with Crippen LogP contribution in [0.3, 0.4) is 0 Å². The van der Waals surface area contributed by atoms with Crippen LogP contribution in [0.2, 0.25) is 0 Å². The lowest BCUT2D eigenvalue weighted by atomic mass is 9.76. The molecule has 4 atom stereocenters. The Morgan fingerprint density at radius 3 is 2.42 bits per heavy atom. The molecule has 0 spiro atoms. The molecule has 0 radical (unpaired) electrons. The number of anilines is 1. The first-order valence-electron chi connectivity index (χ1n) is 14.3. The number of piperidine rings is 1. The number of nitrogens with one attached hydrogen (secondary N) is 2. The van der Waals surface area contributed by atoms with E-state index in [4.69, 9.17) is 9.47 Å². The molecule has 0 aliphatic carbocycles. The lowest BCUT2D eigenvalue weighted by Gasteiger charge is -2.46. The Morgan fingerprint density at radius 2 is 1.75 bits per heavy atom. The monoisotopic (exact) mass is 559 g/mol. The highest BCUT2D eigenvalue weighted by Gasteiger charge is 2.43. The third kappa shape index (κ3) is 6.74. The summed E-state index contributed by atoms with van der Waals surface area (Å²) < 4.78 is 52.8. The van der Waals surface area contributed by atoms with Crippen molar-refractivity contribution < 1.29 is 27.4 Å². The van der Waals surface area contributed by atoms with Crippen molar-refractivity contribution in [3.8, 4) is 0 Å². The van der Waals surface area contributed by atoms with Crippen LogP contribution in [0.25, 0.3) is 0 Å². The van der Waals surface area contributed by atoms with E-state index in [1.54, 1.807) is 11.0 Å². The Balaban J connectivity index is 1.20. The average molecular weight is 560 g/mol. The molecule has 0 unspecified atom stereocenters. The van der Waals surface area contributed by atoms with Gasteiger partial charge in [0.05, 0.1) is 23.8 Å². The Labute approximate surface area is 234 Å². The minimum atomic E-state index is -4.41. The van der Waals surface area contributed by atoms with Crippen molar-refractivity contribution in [1.82, 2.24) is 10.2 Å². The number of hydrogen-bond donors (Lipinski definition) is 2. The van der Waals surface area contributed by atoms with E-state index in [0.717, 1.165) is 43.9 Å². The van der Waals surface area contributed by atoms with Gasteiger partial charge in [0.1, 0.15) is 5.60 Å². The molecule has 3 aliphatic heterocycles. The third-order valence-corrected chi connectivity index (χ3v) is 8.20. The second-order valence-corrected chi connectivity index (χ2v) is 12.3. The first-order valence-corrected chi connectivity index (χ1v) is 14.3. The number of halogens is 3. The van der Waals surface area contributed by atoms with Crippen molar-refractivity contribution in [2.45, 2.75) is 76.5 Å². The average Bonchev–Trinajstić information content (AvgIpc) is 2.91. The third-order valence-electron chi connectivity index (χ3n) is 8.20. The molecule has 2 aromatic carbocycles. The molecule has 3 heterocycles. The summed E-state index contributed by atoms with van der Waals surface area (Å²) in [6.07, 6.45) is -1.66. The van der Waals surface area contributed by atoms with Crippen LogP contribution in [0.1, 0.15) is 75.3 Å². The number of nitrogens with zero attached hydrogens (tertiary/aromatic N) is 1. The lowest BCUT2D eigenvalue weighted by molar-refractivity contribution is -0.138. The summed E-state index contributed by atoms with van der Waals surface area (Å²) in [5.74, 6) is 0.484. The molecular formula is C31H40F3N3O3. The Morgan fingerprint density at radius 1 is 1.02 bits per heavy atom. The Hall–Kier alpha value is -2.78. The Bertz CT molecular complexity index is 1160. The van der Waals surface area contributed by atoms with E-state index >= 15 is 0 Å². The van der Waals surface area contributed by atoms with Gasteiger partial charge < -0.3 is 25.0 Å². The molecule has 6 nitrogen and oxygen atoms in total. The van der Waals surface area contributed by atoms with Crippen molar-refractivity contribution in [3.63, 3.8) is 0 Å². The van der Waals surface area contributed by atoms with Gasteiger partial charge in [-0.1, -0.05) is 30.3 Å². The van der Waals surface area contributed by atoms with Crippen molar-refractivity contribution in [2.75, 3.05) is 31.5 Å². The summed E-state index contributed by atoms with van der Waals surface area (Å²) in [4.78, 5) is 14.1. The first kappa shape index (κ1) is 28.7. The van der Waals surface area contributed by atoms with Gasteiger partial charge in [0.15, 0.2) is 0 Å². The zero-order valence-electron chi connectivity index (χ0n) is 23.5. The fourth-order valence-electron chi connectivity index (χ4n) is 6.17. The van der Waals surface area contributed by atoms with E-state index in [1.807, 2.05) is 39.0 Å². The maximum absolute atomic E-state index is 13.6. The lowest BCUT2D eigenvalue weighted by Crippen LogP contribution is -2.45. The van der Waals surface area contributed by atoms with Crippen LogP contribution in [0.4, 0.5) is 23.7 Å². The number of likely N-dealkylation sites (tertiary alicyclic amines) is 1. The molecule has 218 valence electrons. The van der Waals surface area contributed by atoms with E-state index in [1.165, 1.54) is 6.07 Å². The van der Waals surface area contributed by atoms with Crippen LogP contribution < -0.4 is 10.6 Å². The minimum absolute atomic E-state index is 0.0282. The summed E-state index contributed by atoms with van der Waals surface area (Å²) in [6.45, 7) is 8.43. The zero-order valence-corrected chi connectivity index (χ0v) is 23.5. The molecule has 2 fully saturated rings. The number of carbonyl (C=O) groups is 1. The number of hydrogen-bond acceptors (Lipinski definition) is 5. The number of ether oxygens (including phenoxy) is 2. The molecule has 3 aliphatic rings. The molecule has 0 saturated carbocycles. The number of benzene rings is 2. The number of amides is 1. The van der Waals surface area contributed by atoms with Gasteiger partial charge in [0.2, 0.25) is 0 Å². The van der Waals surface area contributed by atoms with E-state index in [-0.39, 0.29) is 24.2 Å². The van der Waals surface area contributed by atoms with Crippen LogP contribution in [0.5, 0.6) is 0 Å². The number of rotatable bonds is 5. The van der Waals surface area contributed by atoms with Gasteiger partial charge in [0.25, 0.3) is 0 Å². The maximum atomic E-state index is 13.6. The summed E-state index contributed by atoms with van der Waals surface area (Å²) in [5.41, 5.74) is 1.26. The van der Waals surface area contributed by atoms with Crippen LogP contribution in [0, 0.1) is 11.8 Å². The highest BCUT2D eigenvalue weighted by molar-refractivity contribution is 5.68. The quantitative estimate of drug-likeness (QED) is 0.415. The van der Waals surface area contributed by atoms with E-state index in [0.29, 0.717) is 36.8 Å². The number of carbonyl (C=O) groups excluding carboxylic acids is 1. The molecule has 40 heavy (non-hydrogen) atoms. The highest BCUT2D eigenvalue weighted by Crippen LogP contribution is 2.51. The van der Waals surface area contributed by atoms with E-state index < -0.39 is 23.4 Å². The summed E-state index contributed by atoms with van der Waals surface area (Å²) in [5, 5.41) is 7.07. The van der Waals surface area contributed by atoms with E-state index in [9.17, 15) is 18.0 Å². The van der Waals surface area contributed by atoms with Gasteiger partial charge in [-0.3, -0.25) is 0 Å². The predicted molar refractivity (Wildman–Crippen MR) is 148 cm³/mol. The number of fused-ring (bicyclic) bond motifs is 3. The summed E-state index contributed by atoms with van der Waals surface area (Å²) in [6, 6.07) is 14.0. The standard InChI is InChI=1S/C31H40F3N3O3/c1-30(2,3)40-29(38)37-15-13-20(14-16-37)18-35-19-23-10-11-24-27(21-7-5-4-6-8-21)36-26-12-9-22(31(32,33)34)17-25(26)28(24)39-23/h4-9,12,17,20,23-24,27-28,35-36H,10-11,13-16,18-19H2,1-3H3/t23-,24+,27+,28+/m1/s1.